The molecule has 0 spiro atoms. The van der Waals surface area contributed by atoms with Crippen LogP contribution in [0.3, 0.4) is 0 Å². The highest BCUT2D eigenvalue weighted by Crippen LogP contribution is 2.16. The van der Waals surface area contributed by atoms with Gasteiger partial charge in [-0.1, -0.05) is 251 Å². The first kappa shape index (κ1) is 59.9. The fourth-order valence-electron chi connectivity index (χ4n) is 8.31. The molecule has 0 aromatic heterocycles. The maximum Gasteiger partial charge on any atom is 0.305 e. The first-order chi connectivity index (χ1) is 30.2. The van der Waals surface area contributed by atoms with Crippen LogP contribution in [0.5, 0.6) is 0 Å². The third kappa shape index (κ3) is 53.1. The number of esters is 1. The lowest BCUT2D eigenvalue weighted by Crippen LogP contribution is -2.28. The van der Waals surface area contributed by atoms with E-state index in [0.29, 0.717) is 19.6 Å². The van der Waals surface area contributed by atoms with Gasteiger partial charge in [-0.25, -0.2) is 0 Å². The molecule has 0 aliphatic rings. The third-order valence-corrected chi connectivity index (χ3v) is 12.5. The summed E-state index contributed by atoms with van der Waals surface area (Å²) in [5.74, 6) is -0.0751. The molecule has 4 heteroatoms. The van der Waals surface area contributed by atoms with Crippen LogP contribution in [-0.2, 0) is 19.0 Å². The van der Waals surface area contributed by atoms with Crippen molar-refractivity contribution in [3.8, 4) is 0 Å². The average molecular weight is 860 g/mol. The van der Waals surface area contributed by atoms with Gasteiger partial charge < -0.3 is 14.2 Å². The van der Waals surface area contributed by atoms with E-state index in [1.165, 1.54) is 250 Å². The van der Waals surface area contributed by atoms with Crippen molar-refractivity contribution in [3.05, 3.63) is 24.3 Å². The zero-order valence-electron chi connectivity index (χ0n) is 42.0. The van der Waals surface area contributed by atoms with E-state index >= 15 is 0 Å². The Morgan fingerprint density at radius 2 is 0.639 bits per heavy atom. The quantitative estimate of drug-likeness (QED) is 0.0347. The molecule has 0 bridgehead atoms. The number of hydrogen-bond donors (Lipinski definition) is 0. The van der Waals surface area contributed by atoms with Crippen LogP contribution in [-0.4, -0.2) is 38.5 Å². The number of rotatable bonds is 53. The number of allylic oxidation sites excluding steroid dienone is 4. The number of carbonyl (C=O) groups is 1. The van der Waals surface area contributed by atoms with Gasteiger partial charge in [0.25, 0.3) is 0 Å². The average Bonchev–Trinajstić information content (AvgIpc) is 3.27. The fraction of sp³-hybridized carbons (Fsp3) is 0.912. The van der Waals surface area contributed by atoms with Gasteiger partial charge in [-0.05, 0) is 70.6 Å². The Morgan fingerprint density at radius 3 is 1.00 bits per heavy atom. The van der Waals surface area contributed by atoms with E-state index in [1.807, 2.05) is 0 Å². The van der Waals surface area contributed by atoms with Crippen LogP contribution in [0.15, 0.2) is 24.3 Å². The molecule has 0 aromatic rings. The molecule has 0 rings (SSSR count). The molecule has 0 aliphatic carbocycles. The summed E-state index contributed by atoms with van der Waals surface area (Å²) in [4.78, 5) is 12.6. The van der Waals surface area contributed by atoms with Crippen molar-refractivity contribution in [2.45, 2.75) is 309 Å². The molecule has 0 aliphatic heterocycles. The Bertz CT molecular complexity index is 867. The van der Waals surface area contributed by atoms with Crippen molar-refractivity contribution in [2.24, 2.45) is 0 Å². The summed E-state index contributed by atoms with van der Waals surface area (Å²) in [5.41, 5.74) is 0. The molecule has 0 amide bonds. The molecular weight excluding hydrogens is 749 g/mol. The van der Waals surface area contributed by atoms with Crippen molar-refractivity contribution in [3.63, 3.8) is 0 Å². The Hall–Kier alpha value is -1.13. The molecule has 0 radical (unpaired) electrons. The SMILES string of the molecule is CCCCCCCCC=CCCCCCCCCOCC(COC(=O)CCCCCCCCCCCCCCCCC)OCCCCCCCCC=CCCCCCCCC. The molecule has 1 unspecified atom stereocenters. The minimum atomic E-state index is -0.165. The summed E-state index contributed by atoms with van der Waals surface area (Å²) in [6.45, 7) is 9.19. The molecule has 0 fully saturated rings. The van der Waals surface area contributed by atoms with Crippen LogP contribution in [0, 0.1) is 0 Å². The van der Waals surface area contributed by atoms with Gasteiger partial charge in [-0.2, -0.15) is 0 Å². The summed E-state index contributed by atoms with van der Waals surface area (Å²) in [6, 6.07) is 0. The van der Waals surface area contributed by atoms with E-state index in [4.69, 9.17) is 14.2 Å². The molecular formula is C57H110O4. The lowest BCUT2D eigenvalue weighted by Gasteiger charge is -2.18. The second kappa shape index (κ2) is 55.0. The van der Waals surface area contributed by atoms with Crippen molar-refractivity contribution in [1.29, 1.82) is 0 Å². The van der Waals surface area contributed by atoms with Gasteiger partial charge >= 0.3 is 5.97 Å². The van der Waals surface area contributed by atoms with Crippen LogP contribution in [0.4, 0.5) is 0 Å². The zero-order chi connectivity index (χ0) is 44.0. The maximum atomic E-state index is 12.6. The van der Waals surface area contributed by atoms with Crippen molar-refractivity contribution in [1.82, 2.24) is 0 Å². The fourth-order valence-corrected chi connectivity index (χ4v) is 8.31. The van der Waals surface area contributed by atoms with Crippen molar-refractivity contribution < 1.29 is 19.0 Å². The van der Waals surface area contributed by atoms with E-state index in [9.17, 15) is 4.79 Å². The van der Waals surface area contributed by atoms with Gasteiger partial charge in [0.2, 0.25) is 0 Å². The molecule has 362 valence electrons. The Balaban J connectivity index is 4.13. The van der Waals surface area contributed by atoms with Gasteiger partial charge in [-0.3, -0.25) is 4.79 Å². The van der Waals surface area contributed by atoms with E-state index in [2.05, 4.69) is 45.1 Å². The molecule has 61 heavy (non-hydrogen) atoms. The zero-order valence-corrected chi connectivity index (χ0v) is 42.0. The topological polar surface area (TPSA) is 44.8 Å². The summed E-state index contributed by atoms with van der Waals surface area (Å²) >= 11 is 0. The van der Waals surface area contributed by atoms with Crippen LogP contribution in [0.2, 0.25) is 0 Å². The molecule has 0 N–H and O–H groups in total. The van der Waals surface area contributed by atoms with Crippen LogP contribution in [0.1, 0.15) is 303 Å². The molecule has 0 saturated carbocycles. The van der Waals surface area contributed by atoms with Gasteiger partial charge in [0.1, 0.15) is 12.7 Å². The third-order valence-electron chi connectivity index (χ3n) is 12.5. The number of carbonyl (C=O) groups excluding carboxylic acids is 1. The van der Waals surface area contributed by atoms with Crippen molar-refractivity contribution >= 4 is 5.97 Å². The van der Waals surface area contributed by atoms with Crippen molar-refractivity contribution in [2.75, 3.05) is 26.4 Å². The number of hydrogen-bond acceptors (Lipinski definition) is 4. The smallest absolute Gasteiger partial charge is 0.305 e. The predicted octanol–water partition coefficient (Wildman–Crippen LogP) is 19.3. The molecule has 0 saturated heterocycles. The lowest BCUT2D eigenvalue weighted by molar-refractivity contribution is -0.150. The summed E-state index contributed by atoms with van der Waals surface area (Å²) in [7, 11) is 0. The lowest BCUT2D eigenvalue weighted by atomic mass is 10.0. The van der Waals surface area contributed by atoms with E-state index in [-0.39, 0.29) is 12.1 Å². The standard InChI is InChI=1S/C57H110O4/c1-4-7-10-13-16-19-22-25-28-31-34-37-40-43-46-49-52-59-54-56(60-53-50-47-44-41-38-35-32-29-26-23-20-17-14-11-8-5-2)55-61-57(58)51-48-45-42-39-36-33-30-27-24-21-18-15-12-9-6-3/h25-26,28-29,56H,4-24,27,30-55H2,1-3H3. The van der Waals surface area contributed by atoms with Crippen LogP contribution >= 0.6 is 0 Å². The largest absolute Gasteiger partial charge is 0.463 e. The first-order valence-electron chi connectivity index (χ1n) is 27.9. The second-order valence-corrected chi connectivity index (χ2v) is 18.8. The highest BCUT2D eigenvalue weighted by atomic mass is 16.6. The number of unbranched alkanes of at least 4 members (excludes halogenated alkanes) is 38. The second-order valence-electron chi connectivity index (χ2n) is 18.8. The summed E-state index contributed by atoms with van der Waals surface area (Å²) in [5, 5.41) is 0. The molecule has 0 aromatic carbocycles. The van der Waals surface area contributed by atoms with Gasteiger partial charge in [0.05, 0.1) is 6.61 Å². The van der Waals surface area contributed by atoms with Gasteiger partial charge in [0, 0.05) is 19.6 Å². The van der Waals surface area contributed by atoms with Gasteiger partial charge in [0.15, 0.2) is 0 Å². The van der Waals surface area contributed by atoms with Crippen LogP contribution in [0.25, 0.3) is 0 Å². The normalized spacial score (nSPS) is 12.4. The Morgan fingerprint density at radius 1 is 0.344 bits per heavy atom. The minimum Gasteiger partial charge on any atom is -0.463 e. The molecule has 0 heterocycles. The van der Waals surface area contributed by atoms with Gasteiger partial charge in [-0.15, -0.1) is 0 Å². The molecule has 1 atom stereocenters. The molecule has 4 nitrogen and oxygen atoms in total. The summed E-state index contributed by atoms with van der Waals surface area (Å²) < 4.78 is 18.1. The Labute approximate surface area is 383 Å². The maximum absolute atomic E-state index is 12.6. The monoisotopic (exact) mass is 859 g/mol. The highest BCUT2D eigenvalue weighted by Gasteiger charge is 2.13. The first-order valence-corrected chi connectivity index (χ1v) is 27.9. The summed E-state index contributed by atoms with van der Waals surface area (Å²) in [6.07, 6.45) is 66.7. The van der Waals surface area contributed by atoms with E-state index < -0.39 is 0 Å². The highest BCUT2D eigenvalue weighted by molar-refractivity contribution is 5.69. The predicted molar refractivity (Wildman–Crippen MR) is 270 cm³/mol. The Kier molecular flexibility index (Phi) is 54.0. The number of ether oxygens (including phenoxy) is 3. The minimum absolute atomic E-state index is 0.0751. The van der Waals surface area contributed by atoms with E-state index in [1.54, 1.807) is 0 Å². The van der Waals surface area contributed by atoms with Crippen LogP contribution < -0.4 is 0 Å². The van der Waals surface area contributed by atoms with E-state index in [0.717, 1.165) is 38.9 Å².